The minimum atomic E-state index is -0.129. The molecule has 32 heavy (non-hydrogen) atoms. The Morgan fingerprint density at radius 2 is 1.72 bits per heavy atom. The van der Waals surface area contributed by atoms with Crippen LogP contribution in [0.3, 0.4) is 0 Å². The molecule has 4 aromatic rings. The number of nitrogens with zero attached hydrogens (tertiary/aromatic N) is 2. The molecule has 0 radical (unpaired) electrons. The van der Waals surface area contributed by atoms with Crippen molar-refractivity contribution >= 4 is 27.3 Å². The van der Waals surface area contributed by atoms with Crippen LogP contribution in [0, 0.1) is 27.7 Å². The highest BCUT2D eigenvalue weighted by Crippen LogP contribution is 2.36. The Balaban J connectivity index is 1.88. The van der Waals surface area contributed by atoms with Crippen LogP contribution in [0.1, 0.15) is 51.1 Å². The maximum absolute atomic E-state index is 13.8. The van der Waals surface area contributed by atoms with E-state index in [1.54, 1.807) is 15.9 Å². The van der Waals surface area contributed by atoms with E-state index in [1.165, 1.54) is 5.56 Å². The molecule has 0 spiro atoms. The van der Waals surface area contributed by atoms with Crippen molar-refractivity contribution in [2.24, 2.45) is 0 Å². The fourth-order valence-corrected chi connectivity index (χ4v) is 5.09. The monoisotopic (exact) mass is 444 g/mol. The number of carbonyl (C=O) groups excluding carboxylic acids is 1. The van der Waals surface area contributed by atoms with Crippen LogP contribution in [0.25, 0.3) is 21.3 Å². The summed E-state index contributed by atoms with van der Waals surface area (Å²) >= 11 is 1.55. The summed E-state index contributed by atoms with van der Waals surface area (Å²) in [7, 11) is 0. The molecule has 2 aromatic heterocycles. The van der Waals surface area contributed by atoms with Crippen molar-refractivity contribution in [2.75, 3.05) is 0 Å². The number of thiophene rings is 1. The van der Waals surface area contributed by atoms with Gasteiger partial charge in [-0.15, -0.1) is 11.3 Å². The van der Waals surface area contributed by atoms with Gasteiger partial charge in [0.1, 0.15) is 10.7 Å². The molecule has 5 heteroatoms. The molecule has 0 unspecified atom stereocenters. The second-order valence-corrected chi connectivity index (χ2v) is 9.67. The van der Waals surface area contributed by atoms with Crippen LogP contribution in [0.4, 0.5) is 0 Å². The van der Waals surface area contributed by atoms with E-state index in [0.717, 1.165) is 38.4 Å². The topological polar surface area (TPSA) is 52.0 Å². The standard InChI is InChI=1S/C27H28N2O2S/c1-6-7-23-28-26-25(24(19(5)32-26)20-11-8-16(2)9-12-20)27(31)29(23)15-22(30)21-13-10-17(3)18(4)14-21/h8-14H,6-7,15H2,1-5H3. The van der Waals surface area contributed by atoms with Crippen molar-refractivity contribution in [3.05, 3.63) is 85.8 Å². The van der Waals surface area contributed by atoms with Crippen LogP contribution < -0.4 is 5.56 Å². The molecule has 4 nitrogen and oxygen atoms in total. The molecule has 0 atom stereocenters. The minimum absolute atomic E-state index is 0.00183. The van der Waals surface area contributed by atoms with Crippen LogP contribution in [0.15, 0.2) is 47.3 Å². The number of hydrogen-bond acceptors (Lipinski definition) is 4. The highest BCUT2D eigenvalue weighted by molar-refractivity contribution is 7.19. The zero-order valence-electron chi connectivity index (χ0n) is 19.3. The lowest BCUT2D eigenvalue weighted by molar-refractivity contribution is 0.0969. The lowest BCUT2D eigenvalue weighted by atomic mass is 10.0. The normalized spacial score (nSPS) is 11.3. The van der Waals surface area contributed by atoms with Gasteiger partial charge in [0.05, 0.1) is 11.9 Å². The number of fused-ring (bicyclic) bond motifs is 1. The Morgan fingerprint density at radius 3 is 2.38 bits per heavy atom. The first-order valence-corrected chi connectivity index (χ1v) is 11.8. The highest BCUT2D eigenvalue weighted by atomic mass is 32.1. The van der Waals surface area contributed by atoms with Crippen LogP contribution in [-0.2, 0) is 13.0 Å². The molecule has 0 aliphatic rings. The minimum Gasteiger partial charge on any atom is -0.292 e. The summed E-state index contributed by atoms with van der Waals surface area (Å²) < 4.78 is 1.59. The van der Waals surface area contributed by atoms with E-state index in [2.05, 4.69) is 19.1 Å². The first-order valence-electron chi connectivity index (χ1n) is 11.0. The summed E-state index contributed by atoms with van der Waals surface area (Å²) in [5, 5.41) is 0.615. The van der Waals surface area contributed by atoms with Gasteiger partial charge in [0.15, 0.2) is 5.78 Å². The highest BCUT2D eigenvalue weighted by Gasteiger charge is 2.21. The Morgan fingerprint density at radius 1 is 1.00 bits per heavy atom. The molecule has 0 saturated carbocycles. The molecule has 0 aliphatic heterocycles. The molecular formula is C27H28N2O2S. The number of aromatic nitrogens is 2. The lowest BCUT2D eigenvalue weighted by Gasteiger charge is -2.13. The third-order valence-corrected chi connectivity index (χ3v) is 7.01. The van der Waals surface area contributed by atoms with Gasteiger partial charge in [-0.2, -0.15) is 0 Å². The van der Waals surface area contributed by atoms with E-state index >= 15 is 0 Å². The molecular weight excluding hydrogens is 416 g/mol. The summed E-state index contributed by atoms with van der Waals surface area (Å²) in [4.78, 5) is 33.6. The van der Waals surface area contributed by atoms with Crippen LogP contribution >= 0.6 is 11.3 Å². The summed E-state index contributed by atoms with van der Waals surface area (Å²) in [5.74, 6) is 0.608. The number of Topliss-reactive ketones (excluding diaryl/α,β-unsaturated/α-hetero) is 1. The number of rotatable bonds is 6. The van der Waals surface area contributed by atoms with Crippen LogP contribution in [0.5, 0.6) is 0 Å². The van der Waals surface area contributed by atoms with Gasteiger partial charge in [-0.3, -0.25) is 14.2 Å². The van der Waals surface area contributed by atoms with Crippen molar-refractivity contribution in [1.82, 2.24) is 9.55 Å². The maximum Gasteiger partial charge on any atom is 0.263 e. The number of benzene rings is 2. The van der Waals surface area contributed by atoms with E-state index in [-0.39, 0.29) is 17.9 Å². The number of ketones is 1. The third-order valence-electron chi connectivity index (χ3n) is 6.01. The van der Waals surface area contributed by atoms with Gasteiger partial charge in [0.2, 0.25) is 0 Å². The molecule has 0 fully saturated rings. The second kappa shape index (κ2) is 8.83. The summed E-state index contributed by atoms with van der Waals surface area (Å²) in [6, 6.07) is 13.9. The molecule has 2 aromatic carbocycles. The molecule has 164 valence electrons. The van der Waals surface area contributed by atoms with Gasteiger partial charge in [-0.1, -0.05) is 48.9 Å². The third kappa shape index (κ3) is 4.05. The predicted octanol–water partition coefficient (Wildman–Crippen LogP) is 6.19. The summed E-state index contributed by atoms with van der Waals surface area (Å²) in [6.07, 6.45) is 1.51. The molecule has 2 heterocycles. The van der Waals surface area contributed by atoms with E-state index in [9.17, 15) is 9.59 Å². The van der Waals surface area contributed by atoms with Gasteiger partial charge in [0, 0.05) is 22.4 Å². The Hall–Kier alpha value is -3.05. The number of aryl methyl sites for hydroxylation is 5. The Bertz CT molecular complexity index is 1380. The molecule has 0 saturated heterocycles. The van der Waals surface area contributed by atoms with Gasteiger partial charge < -0.3 is 0 Å². The van der Waals surface area contributed by atoms with Gasteiger partial charge in [-0.25, -0.2) is 4.98 Å². The first-order chi connectivity index (χ1) is 15.3. The predicted molar refractivity (Wildman–Crippen MR) is 133 cm³/mol. The van der Waals surface area contributed by atoms with E-state index in [1.807, 2.05) is 58.0 Å². The zero-order chi connectivity index (χ0) is 23.0. The van der Waals surface area contributed by atoms with Crippen molar-refractivity contribution in [1.29, 1.82) is 0 Å². The molecule has 4 rings (SSSR count). The average molecular weight is 445 g/mol. The van der Waals surface area contributed by atoms with Gasteiger partial charge in [-0.05, 0) is 56.9 Å². The summed E-state index contributed by atoms with van der Waals surface area (Å²) in [6.45, 7) is 10.2. The Kier molecular flexibility index (Phi) is 6.11. The van der Waals surface area contributed by atoms with Crippen LogP contribution in [-0.4, -0.2) is 15.3 Å². The Labute approximate surface area is 192 Å². The maximum atomic E-state index is 13.8. The second-order valence-electron chi connectivity index (χ2n) is 8.47. The molecule has 0 aliphatic carbocycles. The largest absolute Gasteiger partial charge is 0.292 e. The van der Waals surface area contributed by atoms with Crippen molar-refractivity contribution in [2.45, 2.75) is 54.0 Å². The quantitative estimate of drug-likeness (QED) is 0.333. The average Bonchev–Trinajstić information content (AvgIpc) is 3.09. The van der Waals surface area contributed by atoms with E-state index in [0.29, 0.717) is 23.2 Å². The smallest absolute Gasteiger partial charge is 0.263 e. The van der Waals surface area contributed by atoms with Crippen molar-refractivity contribution < 1.29 is 4.79 Å². The fraction of sp³-hybridized carbons (Fsp3) is 0.296. The SMILES string of the molecule is CCCc1nc2sc(C)c(-c3ccc(C)cc3)c2c(=O)n1CC(=O)c1ccc(C)c(C)c1. The first kappa shape index (κ1) is 22.2. The van der Waals surface area contributed by atoms with E-state index < -0.39 is 0 Å². The lowest BCUT2D eigenvalue weighted by Crippen LogP contribution is -2.28. The fourth-order valence-electron chi connectivity index (χ4n) is 4.03. The van der Waals surface area contributed by atoms with Crippen LogP contribution in [0.2, 0.25) is 0 Å². The van der Waals surface area contributed by atoms with Gasteiger partial charge >= 0.3 is 0 Å². The molecule has 0 bridgehead atoms. The number of hydrogen-bond donors (Lipinski definition) is 0. The van der Waals surface area contributed by atoms with E-state index in [4.69, 9.17) is 4.98 Å². The number of carbonyl (C=O) groups is 1. The zero-order valence-corrected chi connectivity index (χ0v) is 20.1. The van der Waals surface area contributed by atoms with Crippen molar-refractivity contribution in [3.63, 3.8) is 0 Å². The summed E-state index contributed by atoms with van der Waals surface area (Å²) in [5.41, 5.74) is 5.82. The molecule has 0 amide bonds. The van der Waals surface area contributed by atoms with Gasteiger partial charge in [0.25, 0.3) is 5.56 Å². The van der Waals surface area contributed by atoms with Crippen molar-refractivity contribution in [3.8, 4) is 11.1 Å². The molecule has 0 N–H and O–H groups in total.